The minimum absolute atomic E-state index is 0.00122. The largest absolute Gasteiger partial charge is 0.490 e. The highest BCUT2D eigenvalue weighted by atomic mass is 35.5. The second kappa shape index (κ2) is 10.9. The molecule has 7 nitrogen and oxygen atoms in total. The predicted molar refractivity (Wildman–Crippen MR) is 129 cm³/mol. The van der Waals surface area contributed by atoms with Crippen LogP contribution in [0.4, 0.5) is 0 Å². The number of halogens is 1. The number of hydrogen-bond acceptors (Lipinski definition) is 4. The molecule has 0 aromatic heterocycles. The lowest BCUT2D eigenvalue weighted by atomic mass is 9.87. The molecule has 0 aliphatic heterocycles. The second-order valence-electron chi connectivity index (χ2n) is 8.98. The summed E-state index contributed by atoms with van der Waals surface area (Å²) in [4.78, 5) is 35.8. The van der Waals surface area contributed by atoms with Gasteiger partial charge in [0.1, 0.15) is 5.75 Å². The molecule has 180 valence electrons. The summed E-state index contributed by atoms with van der Waals surface area (Å²) < 4.78 is 5.94. The molecule has 0 atom stereocenters. The Labute approximate surface area is 203 Å². The first-order valence-electron chi connectivity index (χ1n) is 11.8. The molecule has 2 amide bonds. The molecular weight excluding hydrogens is 456 g/mol. The molecule has 0 radical (unpaired) electrons. The molecule has 34 heavy (non-hydrogen) atoms. The molecule has 2 aliphatic rings. The average Bonchev–Trinajstić information content (AvgIpc) is 3.67. The number of benzene rings is 2. The Morgan fingerprint density at radius 3 is 2.00 bits per heavy atom. The molecule has 0 saturated heterocycles. The maximum Gasteiger partial charge on any atom is 0.306 e. The third-order valence-corrected chi connectivity index (χ3v) is 6.75. The summed E-state index contributed by atoms with van der Waals surface area (Å²) >= 11 is 6.29. The van der Waals surface area contributed by atoms with E-state index >= 15 is 0 Å². The first kappa shape index (κ1) is 24.1. The topological polar surface area (TPSA) is 105 Å². The summed E-state index contributed by atoms with van der Waals surface area (Å²) in [5.74, 6) is -0.285. The zero-order chi connectivity index (χ0) is 24.1. The van der Waals surface area contributed by atoms with Gasteiger partial charge in [0.25, 0.3) is 11.8 Å². The first-order chi connectivity index (χ1) is 16.4. The Morgan fingerprint density at radius 1 is 0.853 bits per heavy atom. The van der Waals surface area contributed by atoms with Crippen molar-refractivity contribution in [1.29, 1.82) is 0 Å². The summed E-state index contributed by atoms with van der Waals surface area (Å²) in [6.45, 7) is 0.594. The molecule has 0 heterocycles. The van der Waals surface area contributed by atoms with E-state index in [1.165, 1.54) is 0 Å². The van der Waals surface area contributed by atoms with E-state index in [1.54, 1.807) is 36.4 Å². The molecule has 0 bridgehead atoms. The third-order valence-electron chi connectivity index (χ3n) is 6.42. The Balaban J connectivity index is 1.17. The minimum Gasteiger partial charge on any atom is -0.490 e. The van der Waals surface area contributed by atoms with Gasteiger partial charge in [0.05, 0.1) is 12.0 Å². The molecule has 2 fully saturated rings. The first-order valence-corrected chi connectivity index (χ1v) is 12.1. The van der Waals surface area contributed by atoms with Crippen molar-refractivity contribution in [3.05, 3.63) is 64.2 Å². The van der Waals surface area contributed by atoms with E-state index in [9.17, 15) is 14.4 Å². The number of aliphatic carboxylic acids is 1. The van der Waals surface area contributed by atoms with Gasteiger partial charge in [-0.15, -0.1) is 0 Å². The summed E-state index contributed by atoms with van der Waals surface area (Å²) in [7, 11) is 0. The zero-order valence-corrected chi connectivity index (χ0v) is 19.6. The van der Waals surface area contributed by atoms with Crippen LogP contribution in [0, 0.1) is 5.92 Å². The number of rotatable bonds is 9. The van der Waals surface area contributed by atoms with E-state index in [0.717, 1.165) is 18.4 Å². The lowest BCUT2D eigenvalue weighted by Gasteiger charge is -2.26. The zero-order valence-electron chi connectivity index (χ0n) is 18.9. The quantitative estimate of drug-likeness (QED) is 0.457. The smallest absolute Gasteiger partial charge is 0.306 e. The Kier molecular flexibility index (Phi) is 7.73. The van der Waals surface area contributed by atoms with E-state index in [2.05, 4.69) is 10.6 Å². The van der Waals surface area contributed by atoms with Crippen molar-refractivity contribution < 1.29 is 24.2 Å². The van der Waals surface area contributed by atoms with Crippen LogP contribution in [-0.4, -0.2) is 42.1 Å². The second-order valence-corrected chi connectivity index (χ2v) is 9.38. The van der Waals surface area contributed by atoms with Gasteiger partial charge in [0, 0.05) is 29.2 Å². The lowest BCUT2D eigenvalue weighted by Crippen LogP contribution is -2.34. The van der Waals surface area contributed by atoms with E-state index in [-0.39, 0.29) is 23.8 Å². The van der Waals surface area contributed by atoms with Crippen LogP contribution in [0.3, 0.4) is 0 Å². The lowest BCUT2D eigenvalue weighted by molar-refractivity contribution is -0.143. The van der Waals surface area contributed by atoms with Crippen LogP contribution in [0.5, 0.6) is 5.75 Å². The molecule has 8 heteroatoms. The van der Waals surface area contributed by atoms with Crippen LogP contribution in [0.25, 0.3) is 0 Å². The molecule has 2 aromatic rings. The molecule has 0 spiro atoms. The minimum atomic E-state index is -0.736. The van der Waals surface area contributed by atoms with Crippen molar-refractivity contribution in [2.45, 2.75) is 50.5 Å². The van der Waals surface area contributed by atoms with Crippen molar-refractivity contribution >= 4 is 29.4 Å². The summed E-state index contributed by atoms with van der Waals surface area (Å²) in [6.07, 6.45) is 4.96. The van der Waals surface area contributed by atoms with E-state index in [1.807, 2.05) is 6.07 Å². The Morgan fingerprint density at radius 2 is 1.44 bits per heavy atom. The van der Waals surface area contributed by atoms with Gasteiger partial charge in [0.2, 0.25) is 0 Å². The maximum atomic E-state index is 12.4. The Hall–Kier alpha value is -3.06. The summed E-state index contributed by atoms with van der Waals surface area (Å²) in [6, 6.07) is 12.3. The number of amides is 2. The highest BCUT2D eigenvalue weighted by molar-refractivity contribution is 6.31. The molecule has 2 saturated carbocycles. The average molecular weight is 485 g/mol. The van der Waals surface area contributed by atoms with Gasteiger partial charge >= 0.3 is 5.97 Å². The fourth-order valence-electron chi connectivity index (χ4n) is 4.25. The number of carboxylic acid groups (broad SMARTS) is 1. The van der Waals surface area contributed by atoms with Gasteiger partial charge in [-0.1, -0.05) is 17.7 Å². The van der Waals surface area contributed by atoms with Gasteiger partial charge in [0.15, 0.2) is 0 Å². The van der Waals surface area contributed by atoms with Crippen LogP contribution >= 0.6 is 11.6 Å². The monoisotopic (exact) mass is 484 g/mol. The standard InChI is InChI=1S/C26H29ClN2O5/c27-23-15-19(7-12-22(23)16-1-2-16)25(31)29-14-13-28-24(30)17-3-8-20(9-4-17)34-21-10-5-18(6-11-21)26(32)33/h3-4,7-9,12,15-16,18,21H,1-2,5-6,10-11,13-14H2,(H,28,30)(H,29,31)(H,32,33)/t18-,21+. The normalized spacial score (nSPS) is 19.8. The van der Waals surface area contributed by atoms with Crippen molar-refractivity contribution in [2.75, 3.05) is 13.1 Å². The van der Waals surface area contributed by atoms with Crippen molar-refractivity contribution in [1.82, 2.24) is 10.6 Å². The van der Waals surface area contributed by atoms with Gasteiger partial charge in [-0.2, -0.15) is 0 Å². The van der Waals surface area contributed by atoms with Gasteiger partial charge in [-0.3, -0.25) is 14.4 Å². The highest BCUT2D eigenvalue weighted by Crippen LogP contribution is 2.43. The number of ether oxygens (including phenoxy) is 1. The molecule has 0 unspecified atom stereocenters. The van der Waals surface area contributed by atoms with E-state index in [0.29, 0.717) is 66.6 Å². The number of hydrogen-bond donors (Lipinski definition) is 3. The fourth-order valence-corrected chi connectivity index (χ4v) is 4.59. The van der Waals surface area contributed by atoms with Gasteiger partial charge in [-0.05, 0) is 86.4 Å². The van der Waals surface area contributed by atoms with Gasteiger partial charge < -0.3 is 20.5 Å². The highest BCUT2D eigenvalue weighted by Gasteiger charge is 2.27. The molecule has 3 N–H and O–H groups in total. The van der Waals surface area contributed by atoms with Crippen molar-refractivity contribution in [3.63, 3.8) is 0 Å². The predicted octanol–water partition coefficient (Wildman–Crippen LogP) is 4.40. The van der Waals surface area contributed by atoms with Crippen LogP contribution in [0.15, 0.2) is 42.5 Å². The Bertz CT molecular complexity index is 1040. The molecular formula is C26H29ClN2O5. The van der Waals surface area contributed by atoms with E-state index in [4.69, 9.17) is 21.4 Å². The van der Waals surface area contributed by atoms with Crippen molar-refractivity contribution in [2.24, 2.45) is 5.92 Å². The van der Waals surface area contributed by atoms with Crippen LogP contribution in [0.1, 0.15) is 70.7 Å². The number of carbonyl (C=O) groups excluding carboxylic acids is 2. The van der Waals surface area contributed by atoms with Gasteiger partial charge in [-0.25, -0.2) is 0 Å². The molecule has 4 rings (SSSR count). The van der Waals surface area contributed by atoms with Crippen LogP contribution in [-0.2, 0) is 4.79 Å². The van der Waals surface area contributed by atoms with Crippen molar-refractivity contribution in [3.8, 4) is 5.75 Å². The fraction of sp³-hybridized carbons (Fsp3) is 0.423. The summed E-state index contributed by atoms with van der Waals surface area (Å²) in [5.41, 5.74) is 2.11. The van der Waals surface area contributed by atoms with Crippen LogP contribution in [0.2, 0.25) is 5.02 Å². The number of carboxylic acids is 1. The number of carbonyl (C=O) groups is 3. The van der Waals surface area contributed by atoms with Crippen LogP contribution < -0.4 is 15.4 Å². The molecule has 2 aromatic carbocycles. The summed E-state index contributed by atoms with van der Waals surface area (Å²) in [5, 5.41) is 15.3. The number of nitrogens with one attached hydrogen (secondary N) is 2. The maximum absolute atomic E-state index is 12.4. The van der Waals surface area contributed by atoms with E-state index < -0.39 is 5.97 Å². The SMILES string of the molecule is O=C(NCCNC(=O)c1ccc(C2CC2)c(Cl)c1)c1ccc(O[C@H]2CC[C@@H](C(=O)O)CC2)cc1. The third kappa shape index (κ3) is 6.29. The molecule has 2 aliphatic carbocycles.